The van der Waals surface area contributed by atoms with Crippen molar-refractivity contribution in [2.45, 2.75) is 148 Å². The number of aliphatic hydroxyl groups is 1. The average molecular weight is 1010 g/mol. The highest BCUT2D eigenvalue weighted by Crippen LogP contribution is 2.26. The molecule has 2 aliphatic rings. The highest BCUT2D eigenvalue weighted by molar-refractivity contribution is 5.89. The Bertz CT molecular complexity index is 2160. The molecule has 0 bridgehead atoms. The predicted molar refractivity (Wildman–Crippen MR) is 268 cm³/mol. The summed E-state index contributed by atoms with van der Waals surface area (Å²) in [6.07, 6.45) is -3.55. The van der Waals surface area contributed by atoms with Crippen LogP contribution in [0.5, 0.6) is 0 Å². The lowest BCUT2D eigenvalue weighted by Gasteiger charge is -2.36. The van der Waals surface area contributed by atoms with E-state index < -0.39 is 60.6 Å². The molecule has 2 aromatic rings. The van der Waals surface area contributed by atoms with Gasteiger partial charge in [0.15, 0.2) is 0 Å². The van der Waals surface area contributed by atoms with Crippen molar-refractivity contribution in [2.75, 3.05) is 59.5 Å². The number of nitrogens with zero attached hydrogens (tertiary/aromatic N) is 4. The molecule has 72 heavy (non-hydrogen) atoms. The Kier molecular flexibility index (Phi) is 24.5. The Balaban J connectivity index is 1.38. The predicted octanol–water partition coefficient (Wildman–Crippen LogP) is 4.32. The molecule has 5 amide bonds. The largest absolute Gasteiger partial charge is 0.471 e. The van der Waals surface area contributed by atoms with Gasteiger partial charge < -0.3 is 44.8 Å². The maximum Gasteiger partial charge on any atom is 0.471 e. The highest BCUT2D eigenvalue weighted by atomic mass is 19.4. The summed E-state index contributed by atoms with van der Waals surface area (Å²) in [6, 6.07) is 15.6. The van der Waals surface area contributed by atoms with Crippen LogP contribution in [0.1, 0.15) is 91.2 Å². The van der Waals surface area contributed by atoms with E-state index in [9.17, 15) is 42.3 Å². The number of ether oxygens (including phenoxy) is 2. The van der Waals surface area contributed by atoms with E-state index in [1.807, 2.05) is 67.6 Å². The van der Waals surface area contributed by atoms with Crippen LogP contribution in [0.4, 0.5) is 13.2 Å². The summed E-state index contributed by atoms with van der Waals surface area (Å²) in [5, 5.41) is 19.7. The number of hydrogen-bond donors (Lipinski definition) is 4. The number of benzene rings is 2. The lowest BCUT2D eigenvalue weighted by molar-refractivity contribution is -0.186. The van der Waals surface area contributed by atoms with E-state index in [1.165, 1.54) is 11.8 Å². The fraction of sp³-hybridized carbons (Fsp3) is 0.611. The van der Waals surface area contributed by atoms with Crippen molar-refractivity contribution in [1.82, 2.24) is 35.6 Å². The molecule has 2 unspecified atom stereocenters. The van der Waals surface area contributed by atoms with Gasteiger partial charge in [0.25, 0.3) is 0 Å². The van der Waals surface area contributed by atoms with Gasteiger partial charge in [0.2, 0.25) is 23.6 Å². The molecule has 2 aliphatic heterocycles. The molecule has 2 fully saturated rings. The van der Waals surface area contributed by atoms with Crippen LogP contribution >= 0.6 is 0 Å². The molecule has 0 spiro atoms. The normalized spacial score (nSPS) is 18.5. The number of rotatable bonds is 26. The first-order valence-electron chi connectivity index (χ1n) is 25.3. The fourth-order valence-corrected chi connectivity index (χ4v) is 8.81. The molecule has 18 heteroatoms. The standard InChI is InChI=1S/C54H76F3N7O8/c1-8-38(2)49(66)59-47(51(68)63-31-20-27-45(63)36-61(42(6)65)33-29-44-24-15-12-16-25-44)40(4)71-34-17-9-10-18-35-72-41(5)48(60-50(67)39(3)58-7)52(69)64-32-21-28-46(64)37-62(53(70)54(55,56)57)30-19-26-43-22-13-11-14-23-43/h11-16,22-25,38-41,45-48,50,58,60,67H,8,19-21,26-37H2,1-7H3,(H,59,66)/t38-,39+,40-,41?,45+,46+,47?,48+,50+/m1/s1. The van der Waals surface area contributed by atoms with Crippen LogP contribution in [0.3, 0.4) is 0 Å². The smallest absolute Gasteiger partial charge is 0.377 e. The van der Waals surface area contributed by atoms with Crippen molar-refractivity contribution in [3.05, 3.63) is 71.8 Å². The van der Waals surface area contributed by atoms with Crippen LogP contribution in [-0.4, -0.2) is 169 Å². The van der Waals surface area contributed by atoms with E-state index >= 15 is 0 Å². The third-order valence-corrected chi connectivity index (χ3v) is 13.6. The Morgan fingerprint density at radius 1 is 0.764 bits per heavy atom. The summed E-state index contributed by atoms with van der Waals surface area (Å²) in [5.74, 6) is 7.56. The molecule has 4 rings (SSSR count). The van der Waals surface area contributed by atoms with Crippen LogP contribution in [0.2, 0.25) is 0 Å². The zero-order chi connectivity index (χ0) is 52.8. The first-order valence-corrected chi connectivity index (χ1v) is 25.3. The van der Waals surface area contributed by atoms with Gasteiger partial charge in [-0.2, -0.15) is 13.2 Å². The molecule has 9 atom stereocenters. The van der Waals surface area contributed by atoms with Gasteiger partial charge in [-0.1, -0.05) is 86.4 Å². The number of halogens is 3. The second-order valence-corrected chi connectivity index (χ2v) is 18.8. The van der Waals surface area contributed by atoms with E-state index in [4.69, 9.17) is 9.47 Å². The monoisotopic (exact) mass is 1010 g/mol. The summed E-state index contributed by atoms with van der Waals surface area (Å²) in [4.78, 5) is 72.9. The van der Waals surface area contributed by atoms with E-state index in [-0.39, 0.29) is 62.5 Å². The zero-order valence-electron chi connectivity index (χ0n) is 43.0. The van der Waals surface area contributed by atoms with Crippen LogP contribution in [-0.2, 0) is 46.3 Å². The molecule has 15 nitrogen and oxygen atoms in total. The topological polar surface area (TPSA) is 173 Å². The highest BCUT2D eigenvalue weighted by Gasteiger charge is 2.45. The Labute approximate surface area is 424 Å². The van der Waals surface area contributed by atoms with Gasteiger partial charge in [-0.3, -0.25) is 29.3 Å². The van der Waals surface area contributed by atoms with Crippen LogP contribution in [0, 0.1) is 29.6 Å². The van der Waals surface area contributed by atoms with Crippen LogP contribution in [0.25, 0.3) is 0 Å². The second-order valence-electron chi connectivity index (χ2n) is 18.8. The molecule has 2 saturated heterocycles. The average Bonchev–Trinajstić information content (AvgIpc) is 4.05. The van der Waals surface area contributed by atoms with Crippen molar-refractivity contribution in [3.63, 3.8) is 0 Å². The summed E-state index contributed by atoms with van der Waals surface area (Å²) in [6.45, 7) is 11.1. The van der Waals surface area contributed by atoms with Gasteiger partial charge >= 0.3 is 12.1 Å². The Hall–Kier alpha value is -5.50. The second kappa shape index (κ2) is 29.9. The summed E-state index contributed by atoms with van der Waals surface area (Å²) in [7, 11) is 1.64. The minimum Gasteiger partial charge on any atom is -0.377 e. The van der Waals surface area contributed by atoms with Gasteiger partial charge in [-0.25, -0.2) is 0 Å². The van der Waals surface area contributed by atoms with E-state index in [0.29, 0.717) is 64.6 Å². The number of likely N-dealkylation sites (tertiary alicyclic amines) is 2. The van der Waals surface area contributed by atoms with E-state index in [2.05, 4.69) is 39.6 Å². The number of likely N-dealkylation sites (N-methyl/N-ethyl adjacent to an activating group) is 1. The molecule has 0 aliphatic carbocycles. The maximum atomic E-state index is 14.3. The number of aliphatic hydroxyl groups excluding tert-OH is 1. The SMILES string of the molecule is CC[C@@H](C)C(=O)NC(C(=O)N1CCC[C@H]1CN(CCc1ccccc1)C(C)=O)[C@@H](C)OCC#CC#CCOC(C)[C@H](N[C@@H](O)[C@H](C)NC)C(=O)N1CCC[C@H]1CN(CCCc1ccccc1)C(=O)C(F)(F)F. The van der Waals surface area contributed by atoms with Crippen molar-refractivity contribution >= 4 is 29.5 Å². The van der Waals surface area contributed by atoms with Gasteiger partial charge in [-0.15, -0.1) is 0 Å². The molecule has 0 aromatic heterocycles. The lowest BCUT2D eigenvalue weighted by atomic mass is 10.1. The number of alkyl halides is 3. The quantitative estimate of drug-likeness (QED) is 0.0787. The molecule has 2 heterocycles. The number of nitrogens with one attached hydrogen (secondary N) is 3. The zero-order valence-corrected chi connectivity index (χ0v) is 43.0. The molecular weight excluding hydrogens is 932 g/mol. The number of amides is 5. The third-order valence-electron chi connectivity index (χ3n) is 13.6. The summed E-state index contributed by atoms with van der Waals surface area (Å²) in [5.41, 5.74) is 2.04. The number of hydrogen-bond acceptors (Lipinski definition) is 10. The number of carbonyl (C=O) groups excluding carboxylic acids is 5. The van der Waals surface area contributed by atoms with Gasteiger partial charge in [0, 0.05) is 70.2 Å². The van der Waals surface area contributed by atoms with E-state index in [0.717, 1.165) is 22.4 Å². The molecule has 4 N–H and O–H groups in total. The summed E-state index contributed by atoms with van der Waals surface area (Å²) >= 11 is 0. The fourth-order valence-electron chi connectivity index (χ4n) is 8.81. The van der Waals surface area contributed by atoms with Crippen LogP contribution < -0.4 is 16.0 Å². The molecule has 0 radical (unpaired) electrons. The molecule has 2 aromatic carbocycles. The van der Waals surface area contributed by atoms with Crippen LogP contribution in [0.15, 0.2) is 60.7 Å². The van der Waals surface area contributed by atoms with Crippen molar-refractivity contribution < 1.29 is 51.7 Å². The minimum absolute atomic E-state index is 0.0789. The summed E-state index contributed by atoms with van der Waals surface area (Å²) < 4.78 is 53.4. The van der Waals surface area contributed by atoms with Gasteiger partial charge in [0.05, 0.1) is 12.2 Å². The third kappa shape index (κ3) is 18.5. The molecular formula is C54H76F3N7O8. The Morgan fingerprint density at radius 3 is 1.76 bits per heavy atom. The van der Waals surface area contributed by atoms with E-state index in [1.54, 1.807) is 44.5 Å². The first kappa shape index (κ1) is 59.1. The lowest BCUT2D eigenvalue weighted by Crippen LogP contribution is -2.60. The molecule has 0 saturated carbocycles. The number of aryl methyl sites for hydroxylation is 1. The Morgan fingerprint density at radius 2 is 1.26 bits per heavy atom. The number of carbonyl (C=O) groups is 5. The minimum atomic E-state index is -5.09. The molecule has 396 valence electrons. The van der Waals surface area contributed by atoms with Crippen molar-refractivity contribution in [3.8, 4) is 23.7 Å². The van der Waals surface area contributed by atoms with Crippen molar-refractivity contribution in [1.29, 1.82) is 0 Å². The van der Waals surface area contributed by atoms with Crippen molar-refractivity contribution in [2.24, 2.45) is 5.92 Å². The van der Waals surface area contributed by atoms with Gasteiger partial charge in [-0.05, 0) is 102 Å². The first-order chi connectivity index (χ1) is 34.4. The van der Waals surface area contributed by atoms with Gasteiger partial charge in [0.1, 0.15) is 31.5 Å². The maximum absolute atomic E-state index is 14.3.